The molecule has 0 radical (unpaired) electrons. The number of nitrogens with zero attached hydrogens (tertiary/aromatic N) is 4. The van der Waals surface area contributed by atoms with Gasteiger partial charge < -0.3 is 0 Å². The average molecular weight is 267 g/mol. The summed E-state index contributed by atoms with van der Waals surface area (Å²) in [5, 5.41) is 10.1. The highest BCUT2D eigenvalue weighted by atomic mass is 16.1. The van der Waals surface area contributed by atoms with Crippen LogP contribution in [0.3, 0.4) is 0 Å². The Bertz CT molecular complexity index is 890. The van der Waals surface area contributed by atoms with Gasteiger partial charge in [-0.2, -0.15) is 9.73 Å². The number of aromatic amines is 1. The number of benzene rings is 1. The summed E-state index contributed by atoms with van der Waals surface area (Å²) in [6.07, 6.45) is 0.820. The third-order valence-corrected chi connectivity index (χ3v) is 3.93. The molecule has 0 unspecified atom stereocenters. The first-order valence-corrected chi connectivity index (χ1v) is 6.50. The zero-order valence-electron chi connectivity index (χ0n) is 11.2. The Morgan fingerprint density at radius 3 is 2.95 bits per heavy atom. The Labute approximate surface area is 114 Å². The highest BCUT2D eigenvalue weighted by molar-refractivity contribution is 5.72. The van der Waals surface area contributed by atoms with E-state index in [1.165, 1.54) is 10.1 Å². The zero-order chi connectivity index (χ0) is 13.9. The summed E-state index contributed by atoms with van der Waals surface area (Å²) in [7, 11) is 0. The molecule has 2 aromatic heterocycles. The average Bonchev–Trinajstić information content (AvgIpc) is 2.86. The predicted octanol–water partition coefficient (Wildman–Crippen LogP) is 1.31. The maximum absolute atomic E-state index is 12.7. The van der Waals surface area contributed by atoms with E-state index in [0.29, 0.717) is 5.78 Å². The summed E-state index contributed by atoms with van der Waals surface area (Å²) in [6, 6.07) is 8.08. The largest absolute Gasteiger partial charge is 0.279 e. The molecule has 1 aliphatic carbocycles. The third-order valence-electron chi connectivity index (χ3n) is 3.93. The van der Waals surface area contributed by atoms with Crippen LogP contribution in [0.4, 0.5) is 0 Å². The molecule has 0 saturated carbocycles. The summed E-state index contributed by atoms with van der Waals surface area (Å²) in [6.45, 7) is 4.14. The Kier molecular flexibility index (Phi) is 2.00. The summed E-state index contributed by atoms with van der Waals surface area (Å²) in [5.41, 5.74) is 3.30. The van der Waals surface area contributed by atoms with Gasteiger partial charge in [0, 0.05) is 11.0 Å². The molecule has 1 N–H and O–H groups in total. The van der Waals surface area contributed by atoms with Crippen LogP contribution in [0, 0.1) is 0 Å². The van der Waals surface area contributed by atoms with Crippen molar-refractivity contribution < 1.29 is 0 Å². The van der Waals surface area contributed by atoms with E-state index >= 15 is 0 Å². The quantitative estimate of drug-likeness (QED) is 0.666. The van der Waals surface area contributed by atoms with Crippen molar-refractivity contribution in [1.82, 2.24) is 25.0 Å². The van der Waals surface area contributed by atoms with Gasteiger partial charge in [-0.3, -0.25) is 4.79 Å². The van der Waals surface area contributed by atoms with E-state index in [0.717, 1.165) is 23.2 Å². The van der Waals surface area contributed by atoms with Gasteiger partial charge in [-0.05, 0) is 17.2 Å². The molecule has 6 nitrogen and oxygen atoms in total. The molecule has 0 bridgehead atoms. The first kappa shape index (κ1) is 11.3. The van der Waals surface area contributed by atoms with Crippen LogP contribution in [-0.4, -0.2) is 25.0 Å². The standard InChI is InChI=1S/C14H13N5O/c1-14(2)7-8-5-3-4-6-9(8)11-10(14)12(20)19-13(15-11)16-17-18-19/h3-6H,7H2,1-2H3,(H,15,16,18). The summed E-state index contributed by atoms with van der Waals surface area (Å²) in [4.78, 5) is 17.2. The highest BCUT2D eigenvalue weighted by Gasteiger charge is 2.35. The Morgan fingerprint density at radius 1 is 1.30 bits per heavy atom. The number of nitrogens with one attached hydrogen (secondary N) is 1. The van der Waals surface area contributed by atoms with Gasteiger partial charge in [0.1, 0.15) is 0 Å². The number of hydrogen-bond donors (Lipinski definition) is 1. The minimum atomic E-state index is -0.264. The second kappa shape index (κ2) is 3.53. The number of H-pyrrole nitrogens is 1. The van der Waals surface area contributed by atoms with Gasteiger partial charge in [0.2, 0.25) is 0 Å². The smallest absolute Gasteiger partial charge is 0.267 e. The van der Waals surface area contributed by atoms with Crippen LogP contribution in [0.15, 0.2) is 29.1 Å². The van der Waals surface area contributed by atoms with E-state index in [4.69, 9.17) is 0 Å². The Morgan fingerprint density at radius 2 is 2.10 bits per heavy atom. The molecular formula is C14H13N5O. The minimum absolute atomic E-state index is 0.116. The molecule has 1 aliphatic rings. The van der Waals surface area contributed by atoms with Crippen molar-refractivity contribution in [3.05, 3.63) is 45.7 Å². The van der Waals surface area contributed by atoms with Crippen molar-refractivity contribution in [3.63, 3.8) is 0 Å². The molecule has 100 valence electrons. The van der Waals surface area contributed by atoms with Crippen molar-refractivity contribution in [2.45, 2.75) is 25.7 Å². The van der Waals surface area contributed by atoms with Crippen LogP contribution in [0.2, 0.25) is 0 Å². The molecule has 0 atom stereocenters. The molecule has 3 aromatic rings. The van der Waals surface area contributed by atoms with Crippen molar-refractivity contribution in [2.75, 3.05) is 0 Å². The van der Waals surface area contributed by atoms with Crippen LogP contribution in [-0.2, 0) is 11.8 Å². The van der Waals surface area contributed by atoms with Gasteiger partial charge in [-0.15, -0.1) is 0 Å². The fraction of sp³-hybridized carbons (Fsp3) is 0.286. The van der Waals surface area contributed by atoms with E-state index in [1.54, 1.807) is 0 Å². The van der Waals surface area contributed by atoms with Gasteiger partial charge in [0.25, 0.3) is 11.3 Å². The van der Waals surface area contributed by atoms with E-state index in [-0.39, 0.29) is 11.0 Å². The van der Waals surface area contributed by atoms with Crippen molar-refractivity contribution in [3.8, 4) is 11.3 Å². The lowest BCUT2D eigenvalue weighted by Gasteiger charge is -2.32. The summed E-state index contributed by atoms with van der Waals surface area (Å²) >= 11 is 0. The molecule has 2 heterocycles. The van der Waals surface area contributed by atoms with Gasteiger partial charge in [0.15, 0.2) is 0 Å². The first-order chi connectivity index (χ1) is 9.58. The lowest BCUT2D eigenvalue weighted by Crippen LogP contribution is -2.36. The van der Waals surface area contributed by atoms with Gasteiger partial charge >= 0.3 is 0 Å². The molecule has 0 aliphatic heterocycles. The molecule has 0 saturated heterocycles. The Hall–Kier alpha value is -2.50. The maximum Gasteiger partial charge on any atom is 0.279 e. The number of fused-ring (bicyclic) bond motifs is 4. The van der Waals surface area contributed by atoms with Crippen LogP contribution < -0.4 is 5.56 Å². The zero-order valence-corrected chi connectivity index (χ0v) is 11.2. The normalized spacial score (nSPS) is 15.9. The fourth-order valence-electron chi connectivity index (χ4n) is 3.05. The van der Waals surface area contributed by atoms with Crippen molar-refractivity contribution in [1.29, 1.82) is 0 Å². The first-order valence-electron chi connectivity index (χ1n) is 6.50. The van der Waals surface area contributed by atoms with Crippen molar-refractivity contribution >= 4 is 5.78 Å². The van der Waals surface area contributed by atoms with Crippen LogP contribution in [0.1, 0.15) is 25.0 Å². The van der Waals surface area contributed by atoms with Gasteiger partial charge in [-0.25, -0.2) is 4.98 Å². The number of hydrogen-bond acceptors (Lipinski definition) is 4. The molecule has 1 aromatic carbocycles. The fourth-order valence-corrected chi connectivity index (χ4v) is 3.05. The predicted molar refractivity (Wildman–Crippen MR) is 73.6 cm³/mol. The maximum atomic E-state index is 12.7. The third kappa shape index (κ3) is 1.33. The lowest BCUT2D eigenvalue weighted by atomic mass is 9.72. The van der Waals surface area contributed by atoms with Crippen LogP contribution >= 0.6 is 0 Å². The number of rotatable bonds is 0. The molecule has 20 heavy (non-hydrogen) atoms. The lowest BCUT2D eigenvalue weighted by molar-refractivity contribution is 0.504. The molecule has 0 amide bonds. The second-order valence-corrected chi connectivity index (χ2v) is 5.79. The highest BCUT2D eigenvalue weighted by Crippen LogP contribution is 2.39. The molecule has 0 fully saturated rings. The number of aromatic nitrogens is 5. The SMILES string of the molecule is CC1(C)Cc2ccccc2-c2nc3nn[nH]n3c(=O)c21. The number of tetrazole rings is 1. The topological polar surface area (TPSA) is 75.9 Å². The molecule has 4 rings (SSSR count). The monoisotopic (exact) mass is 267 g/mol. The molecule has 0 spiro atoms. The van der Waals surface area contributed by atoms with Crippen molar-refractivity contribution in [2.24, 2.45) is 0 Å². The van der Waals surface area contributed by atoms with Gasteiger partial charge in [0.05, 0.1) is 11.3 Å². The second-order valence-electron chi connectivity index (χ2n) is 5.79. The minimum Gasteiger partial charge on any atom is -0.267 e. The van der Waals surface area contributed by atoms with Crippen LogP contribution in [0.25, 0.3) is 17.0 Å². The molecule has 6 heteroatoms. The molecular weight excluding hydrogens is 254 g/mol. The summed E-state index contributed by atoms with van der Waals surface area (Å²) in [5.74, 6) is 0.307. The van der Waals surface area contributed by atoms with E-state index in [2.05, 4.69) is 40.4 Å². The van der Waals surface area contributed by atoms with E-state index in [1.807, 2.05) is 18.2 Å². The van der Waals surface area contributed by atoms with E-state index < -0.39 is 0 Å². The summed E-state index contributed by atoms with van der Waals surface area (Å²) < 4.78 is 1.30. The van der Waals surface area contributed by atoms with Gasteiger partial charge in [-0.1, -0.05) is 43.2 Å². The van der Waals surface area contributed by atoms with Crippen LogP contribution in [0.5, 0.6) is 0 Å². The Balaban J connectivity index is 2.21. The van der Waals surface area contributed by atoms with E-state index in [9.17, 15) is 4.79 Å².